The van der Waals surface area contributed by atoms with Gasteiger partial charge < -0.3 is 9.84 Å². The highest BCUT2D eigenvalue weighted by molar-refractivity contribution is 7.91. The molecule has 0 aliphatic heterocycles. The lowest BCUT2D eigenvalue weighted by Crippen LogP contribution is -2.28. The second-order valence-electron chi connectivity index (χ2n) is 9.35. The number of benzene rings is 2. The minimum absolute atomic E-state index is 0.0966. The summed E-state index contributed by atoms with van der Waals surface area (Å²) < 4.78 is 48.4. The SMILES string of the molecule is CCC(c1ccccc1)n1c(COC(C)C)nc(=O)c(S(=O)(=O)c2ccc(-c3ccnc(F)c3C)cc2)c1O. The standard InChI is InChI=1S/C29H30FN3O5S/c1-5-24(21-9-7-6-8-10-21)33-25(17-38-18(2)3)32-28(34)26(29(33)35)39(36,37)22-13-11-20(12-14-22)23-15-16-31-27(30)19(23)4/h6-16,18,24,35H,5,17H2,1-4H3. The first kappa shape index (κ1) is 28.1. The fourth-order valence-electron chi connectivity index (χ4n) is 4.45. The van der Waals surface area contributed by atoms with Crippen molar-refractivity contribution in [3.05, 3.63) is 100 Å². The van der Waals surface area contributed by atoms with E-state index in [9.17, 15) is 22.7 Å². The highest BCUT2D eigenvalue weighted by Crippen LogP contribution is 2.34. The van der Waals surface area contributed by atoms with Crippen molar-refractivity contribution in [2.75, 3.05) is 0 Å². The normalized spacial score (nSPS) is 12.6. The molecule has 8 nitrogen and oxygen atoms in total. The van der Waals surface area contributed by atoms with Gasteiger partial charge in [0.1, 0.15) is 12.4 Å². The van der Waals surface area contributed by atoms with E-state index < -0.39 is 38.2 Å². The topological polar surface area (TPSA) is 111 Å². The number of nitrogens with zero attached hydrogens (tertiary/aromatic N) is 3. The fourth-order valence-corrected chi connectivity index (χ4v) is 5.80. The fraction of sp³-hybridized carbons (Fsp3) is 0.276. The summed E-state index contributed by atoms with van der Waals surface area (Å²) in [6.45, 7) is 7.01. The van der Waals surface area contributed by atoms with Crippen LogP contribution in [0, 0.1) is 12.9 Å². The zero-order valence-electron chi connectivity index (χ0n) is 22.1. The summed E-state index contributed by atoms with van der Waals surface area (Å²) in [6, 6.07) is 16.0. The first-order valence-corrected chi connectivity index (χ1v) is 14.0. The molecular formula is C29H30FN3O5S. The summed E-state index contributed by atoms with van der Waals surface area (Å²) >= 11 is 0. The lowest BCUT2D eigenvalue weighted by atomic mass is 10.0. The van der Waals surface area contributed by atoms with Crippen LogP contribution in [-0.4, -0.2) is 34.2 Å². The maximum Gasteiger partial charge on any atom is 0.296 e. The van der Waals surface area contributed by atoms with Crippen LogP contribution >= 0.6 is 0 Å². The molecular weight excluding hydrogens is 521 g/mol. The summed E-state index contributed by atoms with van der Waals surface area (Å²) in [5, 5.41) is 11.4. The number of aromatic nitrogens is 3. The summed E-state index contributed by atoms with van der Waals surface area (Å²) in [4.78, 5) is 19.8. The molecule has 1 N–H and O–H groups in total. The third kappa shape index (κ3) is 5.62. The molecule has 0 amide bonds. The van der Waals surface area contributed by atoms with Gasteiger partial charge in [0.05, 0.1) is 17.0 Å². The predicted molar refractivity (Wildman–Crippen MR) is 145 cm³/mol. The Morgan fingerprint density at radius 1 is 1.05 bits per heavy atom. The van der Waals surface area contributed by atoms with Crippen LogP contribution in [0.25, 0.3) is 11.1 Å². The zero-order valence-corrected chi connectivity index (χ0v) is 22.9. The molecule has 4 aromatic rings. The number of halogens is 1. The van der Waals surface area contributed by atoms with Crippen molar-refractivity contribution in [2.45, 2.75) is 62.7 Å². The van der Waals surface area contributed by atoms with Crippen molar-refractivity contribution in [1.82, 2.24) is 14.5 Å². The van der Waals surface area contributed by atoms with Crippen LogP contribution < -0.4 is 5.56 Å². The molecule has 1 unspecified atom stereocenters. The van der Waals surface area contributed by atoms with Gasteiger partial charge in [0, 0.05) is 11.8 Å². The highest BCUT2D eigenvalue weighted by Gasteiger charge is 2.32. The molecule has 0 aliphatic carbocycles. The maximum atomic E-state index is 13.9. The molecule has 0 aliphatic rings. The first-order chi connectivity index (χ1) is 18.6. The Kier molecular flexibility index (Phi) is 8.27. The van der Waals surface area contributed by atoms with Gasteiger partial charge in [-0.1, -0.05) is 49.4 Å². The number of hydrogen-bond donors (Lipinski definition) is 1. The second-order valence-corrected chi connectivity index (χ2v) is 11.2. The van der Waals surface area contributed by atoms with E-state index in [1.165, 1.54) is 35.0 Å². The van der Waals surface area contributed by atoms with Crippen LogP contribution in [0.1, 0.15) is 50.2 Å². The van der Waals surface area contributed by atoms with Gasteiger partial charge in [-0.15, -0.1) is 0 Å². The third-order valence-electron chi connectivity index (χ3n) is 6.45. The third-order valence-corrected chi connectivity index (χ3v) is 8.24. The Bertz CT molecular complexity index is 1640. The first-order valence-electron chi connectivity index (χ1n) is 12.5. The maximum absolute atomic E-state index is 13.9. The lowest BCUT2D eigenvalue weighted by molar-refractivity contribution is 0.0571. The molecule has 2 aromatic heterocycles. The van der Waals surface area contributed by atoms with E-state index >= 15 is 0 Å². The molecule has 4 rings (SSSR count). The minimum Gasteiger partial charge on any atom is -0.493 e. The van der Waals surface area contributed by atoms with Crippen molar-refractivity contribution < 1.29 is 22.7 Å². The number of sulfone groups is 1. The number of pyridine rings is 1. The van der Waals surface area contributed by atoms with Gasteiger partial charge in [0.15, 0.2) is 4.90 Å². The Hall–Kier alpha value is -3.89. The van der Waals surface area contributed by atoms with Gasteiger partial charge >= 0.3 is 0 Å². The van der Waals surface area contributed by atoms with Crippen LogP contribution in [0.5, 0.6) is 5.88 Å². The van der Waals surface area contributed by atoms with E-state index in [4.69, 9.17) is 4.74 Å². The van der Waals surface area contributed by atoms with Crippen LogP contribution in [0.3, 0.4) is 0 Å². The van der Waals surface area contributed by atoms with Crippen LogP contribution in [-0.2, 0) is 21.2 Å². The quantitative estimate of drug-likeness (QED) is 0.284. The van der Waals surface area contributed by atoms with Crippen LogP contribution in [0.2, 0.25) is 0 Å². The number of hydrogen-bond acceptors (Lipinski definition) is 7. The Balaban J connectivity index is 1.86. The summed E-state index contributed by atoms with van der Waals surface area (Å²) in [6.07, 6.45) is 1.62. The zero-order chi connectivity index (χ0) is 28.3. The highest BCUT2D eigenvalue weighted by atomic mass is 32.2. The van der Waals surface area contributed by atoms with Gasteiger partial charge in [-0.3, -0.25) is 9.36 Å². The molecule has 0 bridgehead atoms. The molecule has 204 valence electrons. The molecule has 1 atom stereocenters. The van der Waals surface area contributed by atoms with Crippen molar-refractivity contribution >= 4 is 9.84 Å². The van der Waals surface area contributed by atoms with Crippen molar-refractivity contribution in [3.63, 3.8) is 0 Å². The van der Waals surface area contributed by atoms with Crippen molar-refractivity contribution in [2.24, 2.45) is 0 Å². The van der Waals surface area contributed by atoms with E-state index in [1.54, 1.807) is 13.0 Å². The Morgan fingerprint density at radius 2 is 1.72 bits per heavy atom. The van der Waals surface area contributed by atoms with Gasteiger partial charge in [0.2, 0.25) is 21.7 Å². The summed E-state index contributed by atoms with van der Waals surface area (Å²) in [5.74, 6) is -1.21. The molecule has 0 fully saturated rings. The molecule has 0 radical (unpaired) electrons. The van der Waals surface area contributed by atoms with E-state index in [2.05, 4.69) is 9.97 Å². The summed E-state index contributed by atoms with van der Waals surface area (Å²) in [7, 11) is -4.49. The predicted octanol–water partition coefficient (Wildman–Crippen LogP) is 5.22. The number of aromatic hydroxyl groups is 1. The smallest absolute Gasteiger partial charge is 0.296 e. The molecule has 0 saturated heterocycles. The average molecular weight is 552 g/mol. The largest absolute Gasteiger partial charge is 0.493 e. The Morgan fingerprint density at radius 3 is 2.33 bits per heavy atom. The lowest BCUT2D eigenvalue weighted by Gasteiger charge is -2.25. The van der Waals surface area contributed by atoms with Crippen LogP contribution in [0.15, 0.2) is 81.4 Å². The summed E-state index contributed by atoms with van der Waals surface area (Å²) in [5.41, 5.74) is 1.18. The van der Waals surface area contributed by atoms with E-state index in [0.717, 1.165) is 5.56 Å². The minimum atomic E-state index is -4.49. The number of rotatable bonds is 9. The van der Waals surface area contributed by atoms with E-state index in [0.29, 0.717) is 23.1 Å². The number of ether oxygens (including phenoxy) is 1. The van der Waals surface area contributed by atoms with Gasteiger partial charge in [-0.05, 0) is 62.1 Å². The molecule has 0 saturated carbocycles. The molecule has 0 spiro atoms. The van der Waals surface area contributed by atoms with Crippen LogP contribution in [0.4, 0.5) is 4.39 Å². The van der Waals surface area contributed by atoms with Gasteiger partial charge in [0.25, 0.3) is 5.56 Å². The van der Waals surface area contributed by atoms with E-state index in [-0.39, 0.29) is 23.4 Å². The average Bonchev–Trinajstić information content (AvgIpc) is 2.91. The molecule has 2 heterocycles. The van der Waals surface area contributed by atoms with Crippen molar-refractivity contribution in [1.29, 1.82) is 0 Å². The van der Waals surface area contributed by atoms with Gasteiger partial charge in [-0.2, -0.15) is 9.37 Å². The molecule has 39 heavy (non-hydrogen) atoms. The second kappa shape index (κ2) is 11.5. The van der Waals surface area contributed by atoms with Crippen molar-refractivity contribution in [3.8, 4) is 17.0 Å². The monoisotopic (exact) mass is 551 g/mol. The molecule has 2 aromatic carbocycles. The van der Waals surface area contributed by atoms with Gasteiger partial charge in [-0.25, -0.2) is 13.4 Å². The molecule has 10 heteroatoms. The Labute approximate surface area is 226 Å². The van der Waals surface area contributed by atoms with E-state index in [1.807, 2.05) is 51.1 Å².